The van der Waals surface area contributed by atoms with Crippen LogP contribution >= 0.6 is 0 Å². The van der Waals surface area contributed by atoms with Crippen molar-refractivity contribution in [3.8, 4) is 5.75 Å². The second-order valence-corrected chi connectivity index (χ2v) is 11.4. The number of benzene rings is 3. The van der Waals surface area contributed by atoms with E-state index in [1.54, 1.807) is 36.3 Å². The first-order valence-electron chi connectivity index (χ1n) is 15.1. The van der Waals surface area contributed by atoms with E-state index < -0.39 is 18.1 Å². The van der Waals surface area contributed by atoms with Gasteiger partial charge in [0.25, 0.3) is 11.8 Å². The number of aromatic amines is 1. The summed E-state index contributed by atoms with van der Waals surface area (Å²) in [5, 5.41) is 4.03. The quantitative estimate of drug-likeness (QED) is 0.235. The number of urea groups is 1. The normalized spacial score (nSPS) is 20.1. The fourth-order valence-corrected chi connectivity index (χ4v) is 6.74. The maximum Gasteiger partial charge on any atom is 0.332 e. The minimum Gasteiger partial charge on any atom is -0.497 e. The maximum atomic E-state index is 14.4. The Morgan fingerprint density at radius 1 is 1.02 bits per heavy atom. The van der Waals surface area contributed by atoms with Gasteiger partial charge in [0.15, 0.2) is 0 Å². The SMILES string of the molecule is COc1cccc([C@H]2c3[nH]c4ccccc4c3C[C@H]3C(=O)N(c4ccccc4C(=O)NCCCN4CCOCC4)C(=O)N23)c1. The number of hydrogen-bond donors (Lipinski definition) is 2. The zero-order valence-corrected chi connectivity index (χ0v) is 24.6. The van der Waals surface area contributed by atoms with Crippen molar-refractivity contribution >= 4 is 34.4 Å². The van der Waals surface area contributed by atoms with Crippen LogP contribution in [0.25, 0.3) is 10.9 Å². The lowest BCUT2D eigenvalue weighted by molar-refractivity contribution is -0.120. The van der Waals surface area contributed by atoms with Crippen LogP contribution < -0.4 is 15.0 Å². The molecule has 2 fully saturated rings. The summed E-state index contributed by atoms with van der Waals surface area (Å²) in [5.41, 5.74) is 4.27. The minimum atomic E-state index is -0.727. The first-order chi connectivity index (χ1) is 21.5. The first-order valence-corrected chi connectivity index (χ1v) is 15.1. The topological polar surface area (TPSA) is 107 Å². The zero-order chi connectivity index (χ0) is 30.2. The lowest BCUT2D eigenvalue weighted by Gasteiger charge is -2.36. The summed E-state index contributed by atoms with van der Waals surface area (Å²) in [6.45, 7) is 4.60. The molecule has 0 saturated carbocycles. The number of anilines is 1. The second kappa shape index (κ2) is 11.8. The molecule has 0 bridgehead atoms. The highest BCUT2D eigenvalue weighted by Crippen LogP contribution is 2.45. The number of rotatable bonds is 8. The van der Waals surface area contributed by atoms with E-state index in [2.05, 4.69) is 15.2 Å². The molecule has 4 amide bonds. The van der Waals surface area contributed by atoms with Gasteiger partial charge in [0, 0.05) is 42.7 Å². The van der Waals surface area contributed by atoms with Gasteiger partial charge in [-0.15, -0.1) is 0 Å². The van der Waals surface area contributed by atoms with E-state index in [0.29, 0.717) is 30.0 Å². The van der Waals surface area contributed by atoms with E-state index in [4.69, 9.17) is 9.47 Å². The summed E-state index contributed by atoms with van der Waals surface area (Å²) < 4.78 is 10.9. The van der Waals surface area contributed by atoms with Crippen molar-refractivity contribution < 1.29 is 23.9 Å². The molecule has 2 saturated heterocycles. The molecule has 0 unspecified atom stereocenters. The molecule has 3 aliphatic heterocycles. The van der Waals surface area contributed by atoms with Crippen molar-refractivity contribution in [2.75, 3.05) is 51.4 Å². The Hall–Kier alpha value is -4.67. The maximum absolute atomic E-state index is 14.4. The van der Waals surface area contributed by atoms with E-state index >= 15 is 0 Å². The number of nitrogens with zero attached hydrogens (tertiary/aromatic N) is 3. The number of fused-ring (bicyclic) bond motifs is 4. The monoisotopic (exact) mass is 593 g/mol. The number of H-pyrrole nitrogens is 1. The molecule has 3 aromatic carbocycles. The third kappa shape index (κ3) is 4.89. The van der Waals surface area contributed by atoms with Gasteiger partial charge in [0.05, 0.1) is 31.6 Å². The van der Waals surface area contributed by atoms with Gasteiger partial charge in [0.2, 0.25) is 0 Å². The van der Waals surface area contributed by atoms with Crippen LogP contribution in [0.3, 0.4) is 0 Å². The number of nitrogens with one attached hydrogen (secondary N) is 2. The second-order valence-electron chi connectivity index (χ2n) is 11.4. The number of aromatic nitrogens is 1. The molecule has 226 valence electrons. The number of ether oxygens (including phenoxy) is 2. The van der Waals surface area contributed by atoms with E-state index in [1.807, 2.05) is 48.5 Å². The van der Waals surface area contributed by atoms with Gasteiger partial charge in [-0.05, 0) is 54.4 Å². The van der Waals surface area contributed by atoms with Crippen molar-refractivity contribution in [2.24, 2.45) is 0 Å². The van der Waals surface area contributed by atoms with Crippen LogP contribution in [0.4, 0.5) is 10.5 Å². The number of imide groups is 1. The Balaban J connectivity index is 1.20. The first kappa shape index (κ1) is 28.1. The number of morpholine rings is 1. The highest BCUT2D eigenvalue weighted by Gasteiger charge is 2.53. The van der Waals surface area contributed by atoms with Crippen LogP contribution in [0.15, 0.2) is 72.8 Å². The highest BCUT2D eigenvalue weighted by atomic mass is 16.5. The summed E-state index contributed by atoms with van der Waals surface area (Å²) in [4.78, 5) is 50.7. The third-order valence-electron chi connectivity index (χ3n) is 8.89. The zero-order valence-electron chi connectivity index (χ0n) is 24.6. The van der Waals surface area contributed by atoms with Crippen LogP contribution in [0, 0.1) is 0 Å². The Labute approximate surface area is 255 Å². The molecule has 10 heteroatoms. The molecule has 0 aliphatic carbocycles. The Bertz CT molecular complexity index is 1730. The highest BCUT2D eigenvalue weighted by molar-refractivity contribution is 6.24. The number of methoxy groups -OCH3 is 1. The van der Waals surface area contributed by atoms with Crippen molar-refractivity contribution in [1.29, 1.82) is 0 Å². The predicted octanol–water partition coefficient (Wildman–Crippen LogP) is 4.11. The van der Waals surface area contributed by atoms with Crippen molar-refractivity contribution in [3.05, 3.63) is 95.2 Å². The molecule has 4 aromatic rings. The minimum absolute atomic E-state index is 0.292. The third-order valence-corrected chi connectivity index (χ3v) is 8.89. The van der Waals surface area contributed by atoms with Crippen LogP contribution in [-0.2, 0) is 16.0 Å². The van der Waals surface area contributed by atoms with Crippen LogP contribution in [0.2, 0.25) is 0 Å². The molecule has 3 aliphatic rings. The largest absolute Gasteiger partial charge is 0.497 e. The van der Waals surface area contributed by atoms with Gasteiger partial charge in [-0.3, -0.25) is 19.4 Å². The summed E-state index contributed by atoms with van der Waals surface area (Å²) >= 11 is 0. The van der Waals surface area contributed by atoms with E-state index in [0.717, 1.165) is 67.0 Å². The van der Waals surface area contributed by atoms with E-state index in [-0.39, 0.29) is 11.8 Å². The number of carbonyl (C=O) groups excluding carboxylic acids is 3. The van der Waals surface area contributed by atoms with Gasteiger partial charge < -0.3 is 19.8 Å². The predicted molar refractivity (Wildman–Crippen MR) is 166 cm³/mol. The average molecular weight is 594 g/mol. The van der Waals surface area contributed by atoms with Crippen molar-refractivity contribution in [2.45, 2.75) is 24.9 Å². The molecule has 0 radical (unpaired) electrons. The van der Waals surface area contributed by atoms with Gasteiger partial charge >= 0.3 is 6.03 Å². The van der Waals surface area contributed by atoms with Gasteiger partial charge in [-0.25, -0.2) is 9.69 Å². The summed E-state index contributed by atoms with van der Waals surface area (Å²) in [7, 11) is 1.61. The molecular formula is C34H35N5O5. The van der Waals surface area contributed by atoms with E-state index in [9.17, 15) is 14.4 Å². The van der Waals surface area contributed by atoms with Crippen molar-refractivity contribution in [3.63, 3.8) is 0 Å². The number of para-hydroxylation sites is 2. The van der Waals surface area contributed by atoms with Gasteiger partial charge in [-0.1, -0.05) is 42.5 Å². The fourth-order valence-electron chi connectivity index (χ4n) is 6.74. The summed E-state index contributed by atoms with van der Waals surface area (Å²) in [6, 6.07) is 20.7. The van der Waals surface area contributed by atoms with Gasteiger partial charge in [0.1, 0.15) is 17.8 Å². The van der Waals surface area contributed by atoms with Crippen LogP contribution in [0.5, 0.6) is 5.75 Å². The molecule has 2 N–H and O–H groups in total. The Morgan fingerprint density at radius 2 is 1.82 bits per heavy atom. The molecule has 44 heavy (non-hydrogen) atoms. The molecule has 0 spiro atoms. The van der Waals surface area contributed by atoms with Crippen LogP contribution in [0.1, 0.15) is 39.6 Å². The molecule has 10 nitrogen and oxygen atoms in total. The Kier molecular flexibility index (Phi) is 7.53. The molecule has 4 heterocycles. The smallest absolute Gasteiger partial charge is 0.332 e. The van der Waals surface area contributed by atoms with Crippen molar-refractivity contribution in [1.82, 2.24) is 20.1 Å². The fraction of sp³-hybridized carbons (Fsp3) is 0.324. The average Bonchev–Trinajstić information content (AvgIpc) is 3.56. The van der Waals surface area contributed by atoms with E-state index in [1.165, 1.54) is 4.90 Å². The molecule has 2 atom stereocenters. The Morgan fingerprint density at radius 3 is 2.66 bits per heavy atom. The number of amides is 4. The molecule has 7 rings (SSSR count). The number of carbonyl (C=O) groups is 3. The number of hydrogen-bond acceptors (Lipinski definition) is 6. The summed E-state index contributed by atoms with van der Waals surface area (Å²) in [6.07, 6.45) is 1.16. The summed E-state index contributed by atoms with van der Waals surface area (Å²) in [5.74, 6) is 0.00718. The lowest BCUT2D eigenvalue weighted by atomic mass is 9.89. The lowest BCUT2D eigenvalue weighted by Crippen LogP contribution is -2.44. The standard InChI is InChI=1S/C34H35N5O5/c1-43-23-9-6-8-22(20-23)31-30-26(24-10-2-4-12-27(24)36-30)21-29-33(41)39(34(42)38(29)31)28-13-5-3-11-25(28)32(40)35-14-7-15-37-16-18-44-19-17-37/h2-6,8-13,20,29,31,36H,7,14-19,21H2,1H3,(H,35,40)/t29-,31-/m0/s1. The molecular weight excluding hydrogens is 558 g/mol. The molecule has 1 aromatic heterocycles. The van der Waals surface area contributed by atoms with Crippen LogP contribution in [-0.4, -0.2) is 85.2 Å². The van der Waals surface area contributed by atoms with Gasteiger partial charge in [-0.2, -0.15) is 0 Å².